The maximum absolute atomic E-state index is 4.28. The van der Waals surface area contributed by atoms with Gasteiger partial charge < -0.3 is 4.90 Å². The Balaban J connectivity index is 1.15. The number of hydrogen-bond acceptors (Lipinski definition) is 1. The summed E-state index contributed by atoms with van der Waals surface area (Å²) >= 11 is 0. The van der Waals surface area contributed by atoms with Gasteiger partial charge in [-0.3, -0.25) is 0 Å². The van der Waals surface area contributed by atoms with Gasteiger partial charge in [0.2, 0.25) is 0 Å². The number of rotatable bonds is 14. The van der Waals surface area contributed by atoms with Crippen LogP contribution in [0.3, 0.4) is 0 Å². The summed E-state index contributed by atoms with van der Waals surface area (Å²) in [4.78, 5) is 2.41. The van der Waals surface area contributed by atoms with E-state index in [1.807, 2.05) is 6.08 Å². The molecule has 60 heavy (non-hydrogen) atoms. The van der Waals surface area contributed by atoms with Gasteiger partial charge in [0.05, 0.1) is 0 Å². The predicted molar refractivity (Wildman–Crippen MR) is 259 cm³/mol. The Bertz CT molecular complexity index is 2760. The molecule has 0 spiro atoms. The second kappa shape index (κ2) is 18.7. The molecule has 0 bridgehead atoms. The van der Waals surface area contributed by atoms with Crippen molar-refractivity contribution in [2.45, 2.75) is 32.1 Å². The van der Waals surface area contributed by atoms with Gasteiger partial charge in [-0.15, -0.1) is 0 Å². The molecule has 6 aromatic carbocycles. The normalized spacial score (nSPS) is 16.0. The largest absolute Gasteiger partial charge is 0.338 e. The molecule has 294 valence electrons. The fourth-order valence-electron chi connectivity index (χ4n) is 8.85. The van der Waals surface area contributed by atoms with E-state index >= 15 is 0 Å². The Morgan fingerprint density at radius 3 is 2.17 bits per heavy atom. The van der Waals surface area contributed by atoms with Crippen LogP contribution in [0.4, 0.5) is 11.4 Å². The number of anilines is 2. The van der Waals surface area contributed by atoms with E-state index in [1.54, 1.807) is 0 Å². The summed E-state index contributed by atoms with van der Waals surface area (Å²) in [5, 5.41) is 2.63. The molecule has 8 rings (SSSR count). The van der Waals surface area contributed by atoms with Crippen molar-refractivity contribution in [2.24, 2.45) is 5.92 Å². The quantitative estimate of drug-likeness (QED) is 0.0996. The van der Waals surface area contributed by atoms with Crippen LogP contribution >= 0.6 is 0 Å². The van der Waals surface area contributed by atoms with Crippen LogP contribution in [0.1, 0.15) is 37.8 Å². The molecule has 2 atom stereocenters. The maximum Gasteiger partial charge on any atom is 0.0419 e. The summed E-state index contributed by atoms with van der Waals surface area (Å²) in [5.41, 5.74) is 13.5. The average molecular weight is 776 g/mol. The van der Waals surface area contributed by atoms with Crippen molar-refractivity contribution in [3.63, 3.8) is 0 Å². The lowest BCUT2D eigenvalue weighted by Gasteiger charge is -2.32. The van der Waals surface area contributed by atoms with Gasteiger partial charge in [0.25, 0.3) is 0 Å². The average Bonchev–Trinajstić information content (AvgIpc) is 3.32. The van der Waals surface area contributed by atoms with Crippen LogP contribution in [0.5, 0.6) is 0 Å². The Labute approximate surface area is 357 Å². The fraction of sp³-hybridized carbons (Fsp3) is 0.119. The van der Waals surface area contributed by atoms with Crippen molar-refractivity contribution in [1.82, 2.24) is 0 Å². The highest BCUT2D eigenvalue weighted by Gasteiger charge is 2.30. The third-order valence-corrected chi connectivity index (χ3v) is 12.0. The first-order chi connectivity index (χ1) is 29.6. The van der Waals surface area contributed by atoms with Crippen LogP contribution in [0.25, 0.3) is 33.4 Å². The van der Waals surface area contributed by atoms with Crippen molar-refractivity contribution in [2.75, 3.05) is 11.4 Å². The van der Waals surface area contributed by atoms with E-state index in [0.29, 0.717) is 12.5 Å². The van der Waals surface area contributed by atoms with Gasteiger partial charge in [-0.1, -0.05) is 220 Å². The van der Waals surface area contributed by atoms with Gasteiger partial charge >= 0.3 is 0 Å². The lowest BCUT2D eigenvalue weighted by atomic mass is 9.71. The molecule has 0 amide bonds. The summed E-state index contributed by atoms with van der Waals surface area (Å²) in [5.74, 6) is 0.377. The summed E-state index contributed by atoms with van der Waals surface area (Å²) in [7, 11) is 0. The summed E-state index contributed by atoms with van der Waals surface area (Å²) < 4.78 is 0. The topological polar surface area (TPSA) is 3.24 Å². The molecule has 2 aliphatic rings. The molecule has 0 saturated heterocycles. The molecule has 0 fully saturated rings. The van der Waals surface area contributed by atoms with Crippen LogP contribution in [0, 0.1) is 5.92 Å². The van der Waals surface area contributed by atoms with E-state index in [0.717, 1.165) is 24.2 Å². The summed E-state index contributed by atoms with van der Waals surface area (Å²) in [6.07, 6.45) is 28.2. The SMILES string of the molecule is C=C/C(=C\C=C/CN(c1ccc(-c2ccccc2C(C)(C/C=C\C=C/C)c2ccccc2)cc1)c1cccc(-c2ccccc2)c1)C1=c2ccccc2=C2C=CC=C[C@@H]2C1. The van der Waals surface area contributed by atoms with E-state index in [-0.39, 0.29) is 5.41 Å². The molecule has 2 aliphatic carbocycles. The molecule has 1 unspecified atom stereocenters. The number of nitrogens with zero attached hydrogens (tertiary/aromatic N) is 1. The van der Waals surface area contributed by atoms with Gasteiger partial charge in [-0.2, -0.15) is 0 Å². The van der Waals surface area contributed by atoms with Gasteiger partial charge in [0.1, 0.15) is 0 Å². The third kappa shape index (κ3) is 8.58. The van der Waals surface area contributed by atoms with E-state index in [2.05, 4.69) is 250 Å². The molecule has 6 aromatic rings. The van der Waals surface area contributed by atoms with Crippen LogP contribution in [-0.2, 0) is 5.41 Å². The van der Waals surface area contributed by atoms with Crippen molar-refractivity contribution >= 4 is 22.5 Å². The minimum absolute atomic E-state index is 0.218. The van der Waals surface area contributed by atoms with Crippen LogP contribution in [-0.4, -0.2) is 6.54 Å². The molecule has 0 aliphatic heterocycles. The Hall–Kier alpha value is -6.96. The Morgan fingerprint density at radius 1 is 0.667 bits per heavy atom. The molecule has 1 heteroatoms. The van der Waals surface area contributed by atoms with E-state index in [1.165, 1.54) is 60.5 Å². The zero-order valence-electron chi connectivity index (χ0n) is 34.8. The highest BCUT2D eigenvalue weighted by atomic mass is 15.1. The molecule has 1 nitrogen and oxygen atoms in total. The van der Waals surface area contributed by atoms with E-state index in [9.17, 15) is 0 Å². The Morgan fingerprint density at radius 2 is 1.38 bits per heavy atom. The number of benzene rings is 6. The zero-order valence-corrected chi connectivity index (χ0v) is 34.8. The molecular weight excluding hydrogens is 723 g/mol. The molecule has 0 heterocycles. The number of allylic oxidation sites excluding steroid dienone is 12. The molecule has 0 radical (unpaired) electrons. The lowest BCUT2D eigenvalue weighted by molar-refractivity contribution is 0.582. The molecular formula is C59H53N. The standard InChI is InChI=1S/C59H53N/c1-4-6-7-21-41-59(3,50-29-12-9-13-30-50)58-36-19-18-33-54(58)47-37-39-51(40-38-47)60(52-31-23-28-48(43-52)46-25-10-8-11-26-46)42-22-20-24-45(5-2)57-44-49-27-14-15-32-53(49)55-34-16-17-35-56(55)57/h4-40,43,49H,2,41-42,44H2,1,3H3/b6-4-,21-7-,22-20-,45-24+/t49-,59?/m1/s1. The number of fused-ring (bicyclic) bond motifs is 2. The van der Waals surface area contributed by atoms with Crippen LogP contribution < -0.4 is 15.3 Å². The second-order valence-corrected chi connectivity index (χ2v) is 15.8. The fourth-order valence-corrected chi connectivity index (χ4v) is 8.85. The smallest absolute Gasteiger partial charge is 0.0419 e. The van der Waals surface area contributed by atoms with Gasteiger partial charge in [-0.25, -0.2) is 0 Å². The minimum Gasteiger partial charge on any atom is -0.338 e. The first kappa shape index (κ1) is 39.8. The summed E-state index contributed by atoms with van der Waals surface area (Å²) in [6.45, 7) is 9.41. The number of hydrogen-bond donors (Lipinski definition) is 0. The van der Waals surface area contributed by atoms with E-state index in [4.69, 9.17) is 0 Å². The highest BCUT2D eigenvalue weighted by molar-refractivity contribution is 5.78. The van der Waals surface area contributed by atoms with Crippen molar-refractivity contribution < 1.29 is 0 Å². The third-order valence-electron chi connectivity index (χ3n) is 12.0. The molecule has 0 aromatic heterocycles. The first-order valence-corrected chi connectivity index (χ1v) is 21.2. The van der Waals surface area contributed by atoms with Crippen LogP contribution in [0.2, 0.25) is 0 Å². The van der Waals surface area contributed by atoms with Crippen molar-refractivity contribution in [3.8, 4) is 22.3 Å². The first-order valence-electron chi connectivity index (χ1n) is 21.2. The lowest BCUT2D eigenvalue weighted by Crippen LogP contribution is -2.35. The minimum atomic E-state index is -0.218. The van der Waals surface area contributed by atoms with Gasteiger partial charge in [0.15, 0.2) is 0 Å². The summed E-state index contributed by atoms with van der Waals surface area (Å²) in [6, 6.07) is 57.3. The van der Waals surface area contributed by atoms with E-state index < -0.39 is 0 Å². The highest BCUT2D eigenvalue weighted by Crippen LogP contribution is 2.42. The Kier molecular flexibility index (Phi) is 12.4. The van der Waals surface area contributed by atoms with Gasteiger partial charge in [0, 0.05) is 29.3 Å². The monoisotopic (exact) mass is 775 g/mol. The van der Waals surface area contributed by atoms with Gasteiger partial charge in [-0.05, 0) is 105 Å². The second-order valence-electron chi connectivity index (χ2n) is 15.8. The van der Waals surface area contributed by atoms with Crippen LogP contribution in [0.15, 0.2) is 243 Å². The maximum atomic E-state index is 4.28. The molecule has 0 saturated carbocycles. The van der Waals surface area contributed by atoms with Crippen molar-refractivity contribution in [3.05, 3.63) is 264 Å². The van der Waals surface area contributed by atoms with Crippen molar-refractivity contribution in [1.29, 1.82) is 0 Å². The zero-order chi connectivity index (χ0) is 41.2. The molecule has 0 N–H and O–H groups in total. The predicted octanol–water partition coefficient (Wildman–Crippen LogP) is 13.8.